The molecule has 0 saturated carbocycles. The molecule has 0 spiro atoms. The molecule has 1 aromatic carbocycles. The third-order valence-corrected chi connectivity index (χ3v) is 6.01. The van der Waals surface area contributed by atoms with Crippen LogP contribution in [0.2, 0.25) is 0 Å². The number of anilines is 1. The van der Waals surface area contributed by atoms with Gasteiger partial charge in [0.05, 0.1) is 33.1 Å². The Morgan fingerprint density at radius 2 is 2.10 bits per heavy atom. The monoisotopic (exact) mass is 408 g/mol. The Labute approximate surface area is 177 Å². The SMILES string of the molecule is COc1ccc(C2(CO)C=CC(C3CNCCN3c3cnccn3)=CC2)cc1OC. The maximum Gasteiger partial charge on any atom is 0.161 e. The minimum absolute atomic E-state index is 0.0134. The highest BCUT2D eigenvalue weighted by Crippen LogP contribution is 2.39. The van der Waals surface area contributed by atoms with E-state index < -0.39 is 5.41 Å². The van der Waals surface area contributed by atoms with Crippen molar-refractivity contribution < 1.29 is 14.6 Å². The van der Waals surface area contributed by atoms with E-state index in [1.54, 1.807) is 26.6 Å². The molecule has 7 heteroatoms. The molecule has 158 valence electrons. The van der Waals surface area contributed by atoms with Crippen LogP contribution in [-0.2, 0) is 5.41 Å². The molecule has 1 aliphatic heterocycles. The predicted molar refractivity (Wildman–Crippen MR) is 116 cm³/mol. The molecule has 1 saturated heterocycles. The summed E-state index contributed by atoms with van der Waals surface area (Å²) in [5.74, 6) is 2.23. The third kappa shape index (κ3) is 3.78. The van der Waals surface area contributed by atoms with Crippen LogP contribution in [0, 0.1) is 0 Å². The van der Waals surface area contributed by atoms with Gasteiger partial charge in [0.1, 0.15) is 5.82 Å². The Bertz CT molecular complexity index is 931. The van der Waals surface area contributed by atoms with Gasteiger partial charge in [0, 0.05) is 37.4 Å². The van der Waals surface area contributed by atoms with Crippen molar-refractivity contribution >= 4 is 5.82 Å². The highest BCUT2D eigenvalue weighted by atomic mass is 16.5. The number of hydrogen-bond donors (Lipinski definition) is 2. The van der Waals surface area contributed by atoms with Crippen LogP contribution in [-0.4, -0.2) is 61.6 Å². The molecule has 7 nitrogen and oxygen atoms in total. The first-order chi connectivity index (χ1) is 14.7. The van der Waals surface area contributed by atoms with E-state index in [1.165, 1.54) is 5.57 Å². The number of nitrogens with zero attached hydrogens (tertiary/aromatic N) is 3. The van der Waals surface area contributed by atoms with E-state index in [2.05, 4.69) is 38.4 Å². The fourth-order valence-electron chi connectivity index (χ4n) is 4.22. The van der Waals surface area contributed by atoms with Crippen molar-refractivity contribution in [1.29, 1.82) is 0 Å². The summed E-state index contributed by atoms with van der Waals surface area (Å²) in [4.78, 5) is 11.0. The van der Waals surface area contributed by atoms with Gasteiger partial charge in [0.25, 0.3) is 0 Å². The van der Waals surface area contributed by atoms with E-state index in [-0.39, 0.29) is 12.6 Å². The normalized spacial score (nSPS) is 23.8. The van der Waals surface area contributed by atoms with E-state index in [9.17, 15) is 5.11 Å². The van der Waals surface area contributed by atoms with Crippen molar-refractivity contribution in [1.82, 2.24) is 15.3 Å². The molecule has 2 atom stereocenters. The first kappa shape index (κ1) is 20.4. The molecule has 4 rings (SSSR count). The topological polar surface area (TPSA) is 79.7 Å². The fourth-order valence-corrected chi connectivity index (χ4v) is 4.22. The molecular weight excluding hydrogens is 380 g/mol. The lowest BCUT2D eigenvalue weighted by Crippen LogP contribution is -2.52. The number of aromatic nitrogens is 2. The second-order valence-electron chi connectivity index (χ2n) is 7.60. The average Bonchev–Trinajstić information content (AvgIpc) is 2.84. The molecular formula is C23H28N4O3. The maximum absolute atomic E-state index is 10.3. The number of aliphatic hydroxyl groups excluding tert-OH is 1. The van der Waals surface area contributed by atoms with Gasteiger partial charge in [-0.05, 0) is 29.7 Å². The number of allylic oxidation sites excluding steroid dienone is 1. The van der Waals surface area contributed by atoms with E-state index in [4.69, 9.17) is 9.47 Å². The van der Waals surface area contributed by atoms with Crippen molar-refractivity contribution in [2.75, 3.05) is 45.4 Å². The lowest BCUT2D eigenvalue weighted by molar-refractivity contribution is 0.224. The Hall–Kier alpha value is -2.90. The zero-order valence-electron chi connectivity index (χ0n) is 17.4. The van der Waals surface area contributed by atoms with Crippen LogP contribution in [0.5, 0.6) is 11.5 Å². The van der Waals surface area contributed by atoms with Crippen LogP contribution < -0.4 is 19.7 Å². The fraction of sp³-hybridized carbons (Fsp3) is 0.391. The zero-order chi connectivity index (χ0) is 21.0. The molecule has 2 heterocycles. The van der Waals surface area contributed by atoms with Crippen molar-refractivity contribution in [3.8, 4) is 11.5 Å². The van der Waals surface area contributed by atoms with Gasteiger partial charge >= 0.3 is 0 Å². The van der Waals surface area contributed by atoms with Crippen LogP contribution in [0.25, 0.3) is 0 Å². The molecule has 2 unspecified atom stereocenters. The smallest absolute Gasteiger partial charge is 0.161 e. The van der Waals surface area contributed by atoms with Gasteiger partial charge in [-0.1, -0.05) is 24.3 Å². The molecule has 0 bridgehead atoms. The number of rotatable bonds is 6. The van der Waals surface area contributed by atoms with Crippen LogP contribution in [0.15, 0.2) is 60.6 Å². The first-order valence-corrected chi connectivity index (χ1v) is 10.2. The number of nitrogens with one attached hydrogen (secondary N) is 1. The van der Waals surface area contributed by atoms with Gasteiger partial charge in [-0.3, -0.25) is 4.98 Å². The van der Waals surface area contributed by atoms with E-state index >= 15 is 0 Å². The van der Waals surface area contributed by atoms with Gasteiger partial charge < -0.3 is 24.8 Å². The summed E-state index contributed by atoms with van der Waals surface area (Å²) in [5, 5.41) is 13.8. The first-order valence-electron chi connectivity index (χ1n) is 10.2. The Balaban J connectivity index is 1.60. The minimum atomic E-state index is -0.484. The van der Waals surface area contributed by atoms with Gasteiger partial charge in [-0.25, -0.2) is 4.98 Å². The van der Waals surface area contributed by atoms with Gasteiger partial charge in [0.2, 0.25) is 0 Å². The molecule has 2 aliphatic rings. The summed E-state index contributed by atoms with van der Waals surface area (Å²) < 4.78 is 10.8. The van der Waals surface area contributed by atoms with Crippen molar-refractivity contribution in [3.63, 3.8) is 0 Å². The van der Waals surface area contributed by atoms with Crippen LogP contribution in [0.3, 0.4) is 0 Å². The number of methoxy groups -OCH3 is 2. The molecule has 1 aromatic heterocycles. The molecule has 1 fully saturated rings. The summed E-state index contributed by atoms with van der Waals surface area (Å²) in [6, 6.07) is 6.01. The van der Waals surface area contributed by atoms with Gasteiger partial charge in [-0.15, -0.1) is 0 Å². The molecule has 2 aromatic rings. The number of hydrogen-bond acceptors (Lipinski definition) is 7. The maximum atomic E-state index is 10.3. The standard InChI is InChI=1S/C23H28N4O3/c1-29-20-4-3-18(13-21(20)30-2)23(16-28)7-5-17(6-8-23)19-14-25-11-12-27(19)22-15-24-9-10-26-22/h3-7,9-10,13,15,19,25,28H,8,11-12,14,16H2,1-2H3. The van der Waals surface area contributed by atoms with Crippen LogP contribution in [0.1, 0.15) is 12.0 Å². The lowest BCUT2D eigenvalue weighted by Gasteiger charge is -2.40. The molecule has 1 aliphatic carbocycles. The molecule has 2 N–H and O–H groups in total. The van der Waals surface area contributed by atoms with E-state index in [1.807, 2.05) is 24.4 Å². The second-order valence-corrected chi connectivity index (χ2v) is 7.60. The quantitative estimate of drug-likeness (QED) is 0.758. The van der Waals surface area contributed by atoms with Gasteiger partial charge in [0.15, 0.2) is 11.5 Å². The molecule has 30 heavy (non-hydrogen) atoms. The predicted octanol–water partition coefficient (Wildman–Crippen LogP) is 2.09. The number of aliphatic hydroxyl groups is 1. The zero-order valence-corrected chi connectivity index (χ0v) is 17.4. The number of benzene rings is 1. The Kier molecular flexibility index (Phi) is 6.01. The third-order valence-electron chi connectivity index (χ3n) is 6.01. The summed E-state index contributed by atoms with van der Waals surface area (Å²) in [6.45, 7) is 2.64. The van der Waals surface area contributed by atoms with Crippen LogP contribution in [0.4, 0.5) is 5.82 Å². The summed E-state index contributed by atoms with van der Waals surface area (Å²) in [5.41, 5.74) is 1.74. The van der Waals surface area contributed by atoms with Crippen molar-refractivity contribution in [2.24, 2.45) is 0 Å². The summed E-state index contributed by atoms with van der Waals surface area (Å²) in [7, 11) is 3.25. The lowest BCUT2D eigenvalue weighted by atomic mass is 9.74. The Morgan fingerprint density at radius 1 is 1.23 bits per heavy atom. The average molecular weight is 409 g/mol. The largest absolute Gasteiger partial charge is 0.493 e. The summed E-state index contributed by atoms with van der Waals surface area (Å²) >= 11 is 0. The van der Waals surface area contributed by atoms with E-state index in [0.29, 0.717) is 17.9 Å². The summed E-state index contributed by atoms with van der Waals surface area (Å²) in [6.07, 6.45) is 12.4. The van der Waals surface area contributed by atoms with Crippen molar-refractivity contribution in [2.45, 2.75) is 17.9 Å². The molecule has 0 amide bonds. The van der Waals surface area contributed by atoms with Gasteiger partial charge in [-0.2, -0.15) is 0 Å². The minimum Gasteiger partial charge on any atom is -0.493 e. The highest BCUT2D eigenvalue weighted by molar-refractivity contribution is 5.51. The number of ether oxygens (including phenoxy) is 2. The second kappa shape index (κ2) is 8.85. The highest BCUT2D eigenvalue weighted by Gasteiger charge is 2.34. The van der Waals surface area contributed by atoms with Crippen molar-refractivity contribution in [3.05, 3.63) is 66.2 Å². The number of piperazine rings is 1. The van der Waals surface area contributed by atoms with E-state index in [0.717, 1.165) is 31.0 Å². The molecule has 0 radical (unpaired) electrons. The van der Waals surface area contributed by atoms with Crippen LogP contribution >= 0.6 is 0 Å². The Morgan fingerprint density at radius 3 is 2.77 bits per heavy atom.